The number of aromatic nitrogens is 2. The highest BCUT2D eigenvalue weighted by Crippen LogP contribution is 2.37. The standard InChI is InChI=1S/C21H35N3O6Si/c1-20(2,3)30-19(28)24-16(25)11-10-15(17(24)26)23-12-14(22(7)18(23)27)13-29-31(8,9)21(4,5)6/h12,15H,10-11,13H2,1-9H3. The van der Waals surface area contributed by atoms with Gasteiger partial charge in [-0.15, -0.1) is 0 Å². The molecular formula is C21H35N3O6Si. The van der Waals surface area contributed by atoms with Crippen molar-refractivity contribution in [2.45, 2.75) is 90.8 Å². The van der Waals surface area contributed by atoms with Crippen molar-refractivity contribution >= 4 is 26.2 Å². The molecule has 0 N–H and O–H groups in total. The third-order valence-corrected chi connectivity index (χ3v) is 10.4. The summed E-state index contributed by atoms with van der Waals surface area (Å²) in [4.78, 5) is 51.1. The molecule has 1 aliphatic heterocycles. The Kier molecular flexibility index (Phi) is 6.78. The van der Waals surface area contributed by atoms with Gasteiger partial charge in [0.2, 0.25) is 5.91 Å². The molecule has 3 amide bonds. The van der Waals surface area contributed by atoms with Crippen LogP contribution in [0.3, 0.4) is 0 Å². The van der Waals surface area contributed by atoms with Crippen molar-refractivity contribution in [3.63, 3.8) is 0 Å². The molecule has 0 aromatic carbocycles. The van der Waals surface area contributed by atoms with Gasteiger partial charge in [-0.25, -0.2) is 9.59 Å². The first-order chi connectivity index (χ1) is 14.0. The minimum atomic E-state index is -2.04. The van der Waals surface area contributed by atoms with Gasteiger partial charge < -0.3 is 9.16 Å². The van der Waals surface area contributed by atoms with E-state index in [4.69, 9.17) is 9.16 Å². The lowest BCUT2D eigenvalue weighted by Gasteiger charge is -2.36. The van der Waals surface area contributed by atoms with E-state index < -0.39 is 43.6 Å². The van der Waals surface area contributed by atoms with Crippen LogP contribution in [0.1, 0.15) is 66.1 Å². The molecule has 9 nitrogen and oxygen atoms in total. The zero-order valence-corrected chi connectivity index (χ0v) is 21.1. The molecular weight excluding hydrogens is 418 g/mol. The fourth-order valence-electron chi connectivity index (χ4n) is 2.95. The molecule has 1 aliphatic rings. The van der Waals surface area contributed by atoms with Crippen LogP contribution < -0.4 is 5.69 Å². The lowest BCUT2D eigenvalue weighted by molar-refractivity contribution is -0.149. The van der Waals surface area contributed by atoms with Crippen molar-refractivity contribution in [2.24, 2.45) is 7.05 Å². The fraction of sp³-hybridized carbons (Fsp3) is 0.714. The SMILES string of the molecule is Cn1c(CO[Si](C)(C)C(C)(C)C)cn(C2CCC(=O)N(C(=O)OC(C)(C)C)C2=O)c1=O. The average Bonchev–Trinajstić information content (AvgIpc) is 2.86. The van der Waals surface area contributed by atoms with Crippen LogP contribution in [0.2, 0.25) is 18.1 Å². The highest BCUT2D eigenvalue weighted by molar-refractivity contribution is 6.74. The van der Waals surface area contributed by atoms with E-state index in [2.05, 4.69) is 33.9 Å². The summed E-state index contributed by atoms with van der Waals surface area (Å²) in [5.41, 5.74) is -0.628. The first kappa shape index (κ1) is 25.1. The van der Waals surface area contributed by atoms with Gasteiger partial charge in [0, 0.05) is 19.7 Å². The molecule has 0 radical (unpaired) electrons. The number of nitrogens with zero attached hydrogens (tertiary/aromatic N) is 3. The number of imide groups is 3. The summed E-state index contributed by atoms with van der Waals surface area (Å²) in [7, 11) is -0.417. The molecule has 0 spiro atoms. The van der Waals surface area contributed by atoms with E-state index in [1.54, 1.807) is 34.0 Å². The number of likely N-dealkylation sites (tertiary alicyclic amines) is 1. The number of hydrogen-bond acceptors (Lipinski definition) is 6. The van der Waals surface area contributed by atoms with Crippen molar-refractivity contribution in [3.05, 3.63) is 22.4 Å². The molecule has 0 saturated carbocycles. The van der Waals surface area contributed by atoms with Gasteiger partial charge in [0.15, 0.2) is 8.32 Å². The first-order valence-corrected chi connectivity index (χ1v) is 13.4. The van der Waals surface area contributed by atoms with Crippen LogP contribution in [0.4, 0.5) is 4.79 Å². The molecule has 1 atom stereocenters. The van der Waals surface area contributed by atoms with E-state index in [9.17, 15) is 19.2 Å². The lowest BCUT2D eigenvalue weighted by Crippen LogP contribution is -2.51. The van der Waals surface area contributed by atoms with Crippen LogP contribution in [0.5, 0.6) is 0 Å². The smallest absolute Gasteiger partial charge is 0.424 e. The Morgan fingerprint density at radius 2 is 1.71 bits per heavy atom. The molecule has 1 aromatic heterocycles. The van der Waals surface area contributed by atoms with Crippen LogP contribution in [0.25, 0.3) is 0 Å². The summed E-state index contributed by atoms with van der Waals surface area (Å²) in [6.45, 7) is 15.8. The second kappa shape index (κ2) is 8.38. The molecule has 31 heavy (non-hydrogen) atoms. The van der Waals surface area contributed by atoms with Gasteiger partial charge >= 0.3 is 11.8 Å². The molecule has 0 aliphatic carbocycles. The van der Waals surface area contributed by atoms with E-state index in [-0.39, 0.29) is 24.5 Å². The maximum absolute atomic E-state index is 13.0. The summed E-state index contributed by atoms with van der Waals surface area (Å²) < 4.78 is 14.2. The van der Waals surface area contributed by atoms with Crippen LogP contribution in [0, 0.1) is 0 Å². The topological polar surface area (TPSA) is 99.8 Å². The maximum atomic E-state index is 13.0. The molecule has 2 heterocycles. The van der Waals surface area contributed by atoms with Gasteiger partial charge in [0.05, 0.1) is 12.3 Å². The molecule has 2 rings (SSSR count). The fourth-order valence-corrected chi connectivity index (χ4v) is 3.89. The number of carbonyl (C=O) groups is 3. The zero-order chi connectivity index (χ0) is 23.9. The van der Waals surface area contributed by atoms with E-state index >= 15 is 0 Å². The Hall–Kier alpha value is -2.20. The number of amides is 3. The van der Waals surface area contributed by atoms with Gasteiger partial charge in [0.1, 0.15) is 11.6 Å². The monoisotopic (exact) mass is 453 g/mol. The van der Waals surface area contributed by atoms with Gasteiger partial charge in [-0.3, -0.25) is 18.7 Å². The number of hydrogen-bond donors (Lipinski definition) is 0. The van der Waals surface area contributed by atoms with Crippen LogP contribution >= 0.6 is 0 Å². The number of carbonyl (C=O) groups excluding carboxylic acids is 3. The summed E-state index contributed by atoms with van der Waals surface area (Å²) >= 11 is 0. The minimum absolute atomic E-state index is 0.0159. The average molecular weight is 454 g/mol. The highest BCUT2D eigenvalue weighted by atomic mass is 28.4. The van der Waals surface area contributed by atoms with E-state index in [0.29, 0.717) is 10.6 Å². The van der Waals surface area contributed by atoms with Gasteiger partial charge in [0.25, 0.3) is 5.91 Å². The molecule has 174 valence electrons. The van der Waals surface area contributed by atoms with Crippen molar-refractivity contribution < 1.29 is 23.5 Å². The van der Waals surface area contributed by atoms with Gasteiger partial charge in [-0.05, 0) is 45.3 Å². The highest BCUT2D eigenvalue weighted by Gasteiger charge is 2.42. The zero-order valence-electron chi connectivity index (χ0n) is 20.1. The predicted molar refractivity (Wildman–Crippen MR) is 118 cm³/mol. The molecule has 0 bridgehead atoms. The van der Waals surface area contributed by atoms with E-state index in [0.717, 1.165) is 0 Å². The third kappa shape index (κ3) is 5.35. The predicted octanol–water partition coefficient (Wildman–Crippen LogP) is 3.33. The van der Waals surface area contributed by atoms with Crippen LogP contribution in [-0.4, -0.2) is 45.9 Å². The molecule has 10 heteroatoms. The molecule has 1 saturated heterocycles. The van der Waals surface area contributed by atoms with Crippen molar-refractivity contribution in [1.82, 2.24) is 14.0 Å². The lowest BCUT2D eigenvalue weighted by atomic mass is 10.0. The maximum Gasteiger partial charge on any atom is 0.424 e. The van der Waals surface area contributed by atoms with Gasteiger partial charge in [-0.1, -0.05) is 20.8 Å². The Labute approximate surface area is 184 Å². The molecule has 1 unspecified atom stereocenters. The second-order valence-electron chi connectivity index (χ2n) is 10.5. The largest absolute Gasteiger partial charge is 0.443 e. The molecule has 1 aromatic rings. The number of rotatable bonds is 4. The van der Waals surface area contributed by atoms with Crippen molar-refractivity contribution in [2.75, 3.05) is 0 Å². The van der Waals surface area contributed by atoms with Crippen LogP contribution in [0.15, 0.2) is 11.0 Å². The Balaban J connectivity index is 2.29. The Bertz CT molecular complexity index is 932. The van der Waals surface area contributed by atoms with E-state index in [1.165, 1.54) is 9.13 Å². The minimum Gasteiger partial charge on any atom is -0.443 e. The van der Waals surface area contributed by atoms with Crippen molar-refractivity contribution in [1.29, 1.82) is 0 Å². The number of piperidine rings is 1. The summed E-state index contributed by atoms with van der Waals surface area (Å²) in [6.07, 6.45) is 0.676. The second-order valence-corrected chi connectivity index (χ2v) is 15.3. The number of ether oxygens (including phenoxy) is 1. The van der Waals surface area contributed by atoms with Crippen molar-refractivity contribution in [3.8, 4) is 0 Å². The van der Waals surface area contributed by atoms with Gasteiger partial charge in [-0.2, -0.15) is 4.90 Å². The summed E-state index contributed by atoms with van der Waals surface area (Å²) in [6, 6.07) is -0.953. The summed E-state index contributed by atoms with van der Waals surface area (Å²) in [5, 5.41) is 0.0159. The Morgan fingerprint density at radius 3 is 2.23 bits per heavy atom. The quantitative estimate of drug-likeness (QED) is 0.512. The summed E-state index contributed by atoms with van der Waals surface area (Å²) in [5.74, 6) is -1.38. The van der Waals surface area contributed by atoms with Crippen LogP contribution in [-0.2, 0) is 32.4 Å². The number of imidazole rings is 1. The van der Waals surface area contributed by atoms with E-state index in [1.807, 2.05) is 0 Å². The third-order valence-electron chi connectivity index (χ3n) is 5.91. The molecule has 1 fully saturated rings. The first-order valence-electron chi connectivity index (χ1n) is 10.5. The Morgan fingerprint density at radius 1 is 1.13 bits per heavy atom. The normalized spacial score (nSPS) is 18.5.